The van der Waals surface area contributed by atoms with Crippen molar-refractivity contribution >= 4 is 22.9 Å². The van der Waals surface area contributed by atoms with E-state index in [1.165, 1.54) is 50.1 Å². The van der Waals surface area contributed by atoms with Crippen molar-refractivity contribution < 1.29 is 0 Å². The largest absolute Gasteiger partial charge is 0.329 e. The van der Waals surface area contributed by atoms with Crippen LogP contribution in [0.4, 0.5) is 0 Å². The summed E-state index contributed by atoms with van der Waals surface area (Å²) < 4.78 is 0. The molecule has 4 heteroatoms. The Morgan fingerprint density at radius 3 is 2.95 bits per heavy atom. The quantitative estimate of drug-likeness (QED) is 0.878. The summed E-state index contributed by atoms with van der Waals surface area (Å²) in [4.78, 5) is 3.89. The second-order valence-corrected chi connectivity index (χ2v) is 6.92. The van der Waals surface area contributed by atoms with Crippen molar-refractivity contribution in [1.29, 1.82) is 0 Å². The lowest BCUT2D eigenvalue weighted by Gasteiger charge is -2.29. The maximum absolute atomic E-state index is 6.05. The molecule has 0 amide bonds. The van der Waals surface area contributed by atoms with E-state index < -0.39 is 0 Å². The molecule has 19 heavy (non-hydrogen) atoms. The van der Waals surface area contributed by atoms with Gasteiger partial charge < -0.3 is 5.73 Å². The Balaban J connectivity index is 1.99. The highest BCUT2D eigenvalue weighted by atomic mass is 35.5. The van der Waals surface area contributed by atoms with Crippen LogP contribution in [0.25, 0.3) is 0 Å². The van der Waals surface area contributed by atoms with E-state index in [4.69, 9.17) is 17.3 Å². The SMILES string of the molecule is CCCC1CCCN(C(CN)c2cc(Cl)cs2)CC1. The molecule has 1 fully saturated rings. The summed E-state index contributed by atoms with van der Waals surface area (Å²) in [6.45, 7) is 5.34. The summed E-state index contributed by atoms with van der Waals surface area (Å²) in [5.74, 6) is 0.917. The molecule has 2 rings (SSSR count). The minimum atomic E-state index is 0.359. The number of thiophene rings is 1. The molecule has 0 radical (unpaired) electrons. The number of hydrogen-bond donors (Lipinski definition) is 1. The van der Waals surface area contributed by atoms with Gasteiger partial charge in [-0.1, -0.05) is 31.4 Å². The Bertz CT molecular complexity index is 380. The Morgan fingerprint density at radius 2 is 2.32 bits per heavy atom. The van der Waals surface area contributed by atoms with E-state index in [1.807, 2.05) is 5.38 Å². The number of hydrogen-bond acceptors (Lipinski definition) is 3. The number of nitrogens with two attached hydrogens (primary N) is 1. The summed E-state index contributed by atoms with van der Waals surface area (Å²) in [7, 11) is 0. The average molecular weight is 301 g/mol. The molecule has 1 aliphatic rings. The predicted molar refractivity (Wildman–Crippen MR) is 84.9 cm³/mol. The molecule has 2 heterocycles. The van der Waals surface area contributed by atoms with Gasteiger partial charge in [0.2, 0.25) is 0 Å². The summed E-state index contributed by atoms with van der Waals surface area (Å²) in [5.41, 5.74) is 6.01. The summed E-state index contributed by atoms with van der Waals surface area (Å²) in [6.07, 6.45) is 6.70. The van der Waals surface area contributed by atoms with Crippen molar-refractivity contribution in [2.75, 3.05) is 19.6 Å². The predicted octanol–water partition coefficient (Wildman–Crippen LogP) is 4.30. The van der Waals surface area contributed by atoms with Gasteiger partial charge in [-0.15, -0.1) is 11.3 Å². The number of halogens is 1. The van der Waals surface area contributed by atoms with E-state index in [-0.39, 0.29) is 0 Å². The van der Waals surface area contributed by atoms with Crippen molar-refractivity contribution in [2.45, 2.75) is 45.1 Å². The summed E-state index contributed by atoms with van der Waals surface area (Å²) in [5, 5.41) is 2.86. The molecular weight excluding hydrogens is 276 g/mol. The average Bonchev–Trinajstić information content (AvgIpc) is 2.69. The fraction of sp³-hybridized carbons (Fsp3) is 0.733. The van der Waals surface area contributed by atoms with E-state index in [2.05, 4.69) is 17.9 Å². The van der Waals surface area contributed by atoms with Crippen LogP contribution < -0.4 is 5.73 Å². The highest BCUT2D eigenvalue weighted by Crippen LogP contribution is 2.31. The first-order valence-electron chi connectivity index (χ1n) is 7.42. The maximum atomic E-state index is 6.05. The fourth-order valence-corrected chi connectivity index (χ4v) is 4.37. The van der Waals surface area contributed by atoms with Crippen LogP contribution in [0.2, 0.25) is 5.02 Å². The van der Waals surface area contributed by atoms with Gasteiger partial charge in [0.15, 0.2) is 0 Å². The molecule has 0 spiro atoms. The molecule has 2 unspecified atom stereocenters. The van der Waals surface area contributed by atoms with Crippen LogP contribution >= 0.6 is 22.9 Å². The molecule has 2 atom stereocenters. The van der Waals surface area contributed by atoms with Crippen molar-refractivity contribution in [3.05, 3.63) is 21.3 Å². The molecule has 1 aromatic heterocycles. The van der Waals surface area contributed by atoms with E-state index in [0.717, 1.165) is 10.9 Å². The van der Waals surface area contributed by atoms with E-state index in [0.29, 0.717) is 12.6 Å². The van der Waals surface area contributed by atoms with Crippen molar-refractivity contribution in [2.24, 2.45) is 11.7 Å². The minimum absolute atomic E-state index is 0.359. The Hall–Kier alpha value is -0.0900. The minimum Gasteiger partial charge on any atom is -0.329 e. The highest BCUT2D eigenvalue weighted by Gasteiger charge is 2.24. The molecule has 0 aromatic carbocycles. The van der Waals surface area contributed by atoms with Gasteiger partial charge in [0.05, 0.1) is 11.1 Å². The first-order valence-corrected chi connectivity index (χ1v) is 8.68. The van der Waals surface area contributed by atoms with Gasteiger partial charge >= 0.3 is 0 Å². The third-order valence-corrected chi connectivity index (χ3v) is 5.54. The van der Waals surface area contributed by atoms with Gasteiger partial charge in [-0.05, 0) is 44.3 Å². The van der Waals surface area contributed by atoms with Gasteiger partial charge in [-0.3, -0.25) is 4.90 Å². The molecule has 108 valence electrons. The van der Waals surface area contributed by atoms with Crippen molar-refractivity contribution in [3.63, 3.8) is 0 Å². The number of nitrogens with zero attached hydrogens (tertiary/aromatic N) is 1. The molecule has 0 bridgehead atoms. The van der Waals surface area contributed by atoms with Crippen LogP contribution in [0.3, 0.4) is 0 Å². The topological polar surface area (TPSA) is 29.3 Å². The van der Waals surface area contributed by atoms with Crippen LogP contribution in [0.15, 0.2) is 11.4 Å². The summed E-state index contributed by atoms with van der Waals surface area (Å²) >= 11 is 7.79. The van der Waals surface area contributed by atoms with E-state index in [9.17, 15) is 0 Å². The highest BCUT2D eigenvalue weighted by molar-refractivity contribution is 7.10. The Kier molecular flexibility index (Phi) is 6.14. The van der Waals surface area contributed by atoms with Crippen LogP contribution in [0, 0.1) is 5.92 Å². The monoisotopic (exact) mass is 300 g/mol. The molecule has 1 saturated heterocycles. The number of rotatable bonds is 5. The van der Waals surface area contributed by atoms with E-state index >= 15 is 0 Å². The second-order valence-electron chi connectivity index (χ2n) is 5.54. The molecule has 2 nitrogen and oxygen atoms in total. The van der Waals surface area contributed by atoms with Crippen LogP contribution in [-0.4, -0.2) is 24.5 Å². The molecule has 0 saturated carbocycles. The first kappa shape index (κ1) is 15.3. The van der Waals surface area contributed by atoms with Gasteiger partial charge in [-0.25, -0.2) is 0 Å². The smallest absolute Gasteiger partial charge is 0.0564 e. The molecule has 1 aliphatic heterocycles. The Labute approximate surface area is 125 Å². The fourth-order valence-electron chi connectivity index (χ4n) is 3.14. The normalized spacial score (nSPS) is 23.2. The van der Waals surface area contributed by atoms with Crippen LogP contribution in [0.1, 0.15) is 49.9 Å². The van der Waals surface area contributed by atoms with E-state index in [1.54, 1.807) is 11.3 Å². The summed E-state index contributed by atoms with van der Waals surface area (Å²) in [6, 6.07) is 2.44. The standard InChI is InChI=1S/C15H25ClN2S/c1-2-4-12-5-3-7-18(8-6-12)14(10-17)15-9-13(16)11-19-15/h9,11-12,14H,2-8,10,17H2,1H3. The maximum Gasteiger partial charge on any atom is 0.0564 e. The van der Waals surface area contributed by atoms with Crippen LogP contribution in [-0.2, 0) is 0 Å². The first-order chi connectivity index (χ1) is 9.24. The molecule has 0 aliphatic carbocycles. The second kappa shape index (κ2) is 7.63. The number of likely N-dealkylation sites (tertiary alicyclic amines) is 1. The van der Waals surface area contributed by atoms with Gasteiger partial charge in [0, 0.05) is 16.8 Å². The van der Waals surface area contributed by atoms with Gasteiger partial charge in [0.25, 0.3) is 0 Å². The third-order valence-electron chi connectivity index (χ3n) is 4.16. The third kappa shape index (κ3) is 4.19. The lowest BCUT2D eigenvalue weighted by molar-refractivity contribution is 0.209. The Morgan fingerprint density at radius 1 is 1.47 bits per heavy atom. The lowest BCUT2D eigenvalue weighted by atomic mass is 9.96. The lowest BCUT2D eigenvalue weighted by Crippen LogP contribution is -2.34. The zero-order chi connectivity index (χ0) is 13.7. The van der Waals surface area contributed by atoms with Gasteiger partial charge in [-0.2, -0.15) is 0 Å². The van der Waals surface area contributed by atoms with Crippen LogP contribution in [0.5, 0.6) is 0 Å². The molecule has 1 aromatic rings. The van der Waals surface area contributed by atoms with Crippen molar-refractivity contribution in [3.8, 4) is 0 Å². The van der Waals surface area contributed by atoms with Gasteiger partial charge in [0.1, 0.15) is 0 Å². The molecular formula is C15H25ClN2S. The zero-order valence-electron chi connectivity index (χ0n) is 11.8. The molecule has 2 N–H and O–H groups in total. The van der Waals surface area contributed by atoms with Crippen molar-refractivity contribution in [1.82, 2.24) is 4.90 Å². The zero-order valence-corrected chi connectivity index (χ0v) is 13.3.